The van der Waals surface area contributed by atoms with Gasteiger partial charge in [0.2, 0.25) is 0 Å². The molecule has 3 rings (SSSR count). The number of cyclic esters (lactones) is 1. The lowest BCUT2D eigenvalue weighted by atomic mass is 9.82. The molecule has 2 fully saturated rings. The number of carbonyl (C=O) groups is 3. The van der Waals surface area contributed by atoms with Gasteiger partial charge in [-0.3, -0.25) is 14.4 Å². The molecule has 59 heavy (non-hydrogen) atoms. The summed E-state index contributed by atoms with van der Waals surface area (Å²) in [6.07, 6.45) is -5.76. The number of aliphatic hydroxyl groups excluding tert-OH is 2. The van der Waals surface area contributed by atoms with E-state index in [1.165, 1.54) is 14.0 Å². The molecular weight excluding hydrogens is 772 g/mol. The van der Waals surface area contributed by atoms with Crippen molar-refractivity contribution >= 4 is 24.1 Å². The third-order valence-corrected chi connectivity index (χ3v) is 11.0. The van der Waals surface area contributed by atoms with Crippen molar-refractivity contribution in [1.82, 2.24) is 4.90 Å². The largest absolute Gasteiger partial charge is 0.462 e. The first kappa shape index (κ1) is 50.6. The number of oxime groups is 1. The van der Waals surface area contributed by atoms with Crippen molar-refractivity contribution in [2.75, 3.05) is 27.8 Å². The summed E-state index contributed by atoms with van der Waals surface area (Å²) in [5.41, 5.74) is -1.49. The average molecular weight is 845 g/mol. The number of methoxy groups -OCH3 is 1. The van der Waals surface area contributed by atoms with E-state index in [0.717, 1.165) is 0 Å². The maximum Gasteiger partial charge on any atom is 0.309 e. The molecule has 0 aromatic carbocycles. The minimum absolute atomic E-state index is 0.0309. The zero-order valence-electron chi connectivity index (χ0n) is 37.1. The van der Waals surface area contributed by atoms with Gasteiger partial charge in [-0.25, -0.2) is 0 Å². The van der Waals surface area contributed by atoms with E-state index in [4.69, 9.17) is 42.7 Å². The molecular formula is C42H72N2O15. The number of esters is 3. The molecule has 0 bridgehead atoms. The quantitative estimate of drug-likeness (QED) is 0.0753. The first-order valence-corrected chi connectivity index (χ1v) is 20.9. The van der Waals surface area contributed by atoms with Crippen LogP contribution in [0.15, 0.2) is 17.3 Å². The van der Waals surface area contributed by atoms with Crippen molar-refractivity contribution in [1.29, 1.82) is 0 Å². The zero-order chi connectivity index (χ0) is 44.2. The summed E-state index contributed by atoms with van der Waals surface area (Å²) in [6, 6.07) is -0.752. The van der Waals surface area contributed by atoms with Crippen LogP contribution >= 0.6 is 0 Å². The van der Waals surface area contributed by atoms with Gasteiger partial charge in [-0.1, -0.05) is 38.1 Å². The molecule has 0 radical (unpaired) electrons. The number of nitrogens with zero attached hydrogens (tertiary/aromatic N) is 2. The predicted molar refractivity (Wildman–Crippen MR) is 215 cm³/mol. The second kappa shape index (κ2) is 23.5. The Morgan fingerprint density at radius 3 is 2.34 bits per heavy atom. The van der Waals surface area contributed by atoms with Crippen molar-refractivity contribution in [3.05, 3.63) is 12.2 Å². The molecule has 0 aromatic heterocycles. The van der Waals surface area contributed by atoms with E-state index in [0.29, 0.717) is 19.4 Å². The molecule has 17 nitrogen and oxygen atoms in total. The number of aliphatic hydroxyl groups is 3. The van der Waals surface area contributed by atoms with Crippen LogP contribution in [0.5, 0.6) is 0 Å². The molecule has 3 aliphatic rings. The highest BCUT2D eigenvalue weighted by Gasteiger charge is 2.53. The summed E-state index contributed by atoms with van der Waals surface area (Å²) in [5.74, 6) is -2.50. The van der Waals surface area contributed by atoms with Gasteiger partial charge in [-0.2, -0.15) is 0 Å². The number of carbonyl (C=O) groups excluding carboxylic acids is 3. The van der Waals surface area contributed by atoms with E-state index in [9.17, 15) is 29.7 Å². The Morgan fingerprint density at radius 1 is 1.05 bits per heavy atom. The first-order valence-electron chi connectivity index (χ1n) is 20.9. The third kappa shape index (κ3) is 15.0. The highest BCUT2D eigenvalue weighted by molar-refractivity contribution is 5.72. The Morgan fingerprint density at radius 2 is 1.75 bits per heavy atom. The Bertz CT molecular complexity index is 1380. The summed E-state index contributed by atoms with van der Waals surface area (Å²) in [6.45, 7) is 15.8. The molecule has 0 aliphatic carbocycles. The van der Waals surface area contributed by atoms with E-state index in [2.05, 4.69) is 5.16 Å². The molecule has 340 valence electrons. The molecule has 0 spiro atoms. The van der Waals surface area contributed by atoms with Gasteiger partial charge < -0.3 is 63.0 Å². The Hall–Kier alpha value is -2.74. The number of hydrogen-bond donors (Lipinski definition) is 3. The van der Waals surface area contributed by atoms with Crippen LogP contribution < -0.4 is 0 Å². The number of ether oxygens (including phenoxy) is 8. The number of likely N-dealkylation sites (N-methyl/N-ethyl adjacent to an activating group) is 1. The van der Waals surface area contributed by atoms with E-state index in [1.54, 1.807) is 72.0 Å². The second-order valence-corrected chi connectivity index (χ2v) is 17.1. The summed E-state index contributed by atoms with van der Waals surface area (Å²) < 4.78 is 49.0. The maximum absolute atomic E-state index is 13.3. The lowest BCUT2D eigenvalue weighted by Crippen LogP contribution is -2.66. The van der Waals surface area contributed by atoms with Crippen LogP contribution in [0.4, 0.5) is 0 Å². The molecule has 3 aliphatic heterocycles. The molecule has 1 unspecified atom stereocenters. The van der Waals surface area contributed by atoms with Gasteiger partial charge in [-0.15, -0.1) is 0 Å². The Kier molecular flexibility index (Phi) is 20.1. The molecule has 16 atom stereocenters. The minimum atomic E-state index is -1.49. The zero-order valence-corrected chi connectivity index (χ0v) is 37.1. The standard InChI is InChI=1S/C42H72N2O15/c1-13-52-43-18-17-29-20-24(4)30(46)16-14-15-25(5)53-33(48)21-31(56-28(8)45)39(51-12)38(29)59-41-36(49)35(44(10)11)37(26(6)55-41)58-34-22-42(9,50)40(27(7)54-34)57-32(47)19-23(2)3/h14,16,18,23-27,29-31,34-41,46,49-50H,13,15,17,19-22H2,1-12H3/b16-14+,43-18+/t24-,25-,26-,27+,29+,30+,31-,34+,35-,36-,37-,38?,39+,40+,41+,42-/m1/s1. The van der Waals surface area contributed by atoms with Crippen molar-refractivity contribution in [2.24, 2.45) is 22.9 Å². The van der Waals surface area contributed by atoms with Gasteiger partial charge >= 0.3 is 17.9 Å². The van der Waals surface area contributed by atoms with Crippen molar-refractivity contribution in [3.63, 3.8) is 0 Å². The van der Waals surface area contributed by atoms with Crippen molar-refractivity contribution in [2.45, 2.75) is 186 Å². The fraction of sp³-hybridized carbons (Fsp3) is 0.857. The monoisotopic (exact) mass is 844 g/mol. The van der Waals surface area contributed by atoms with Gasteiger partial charge in [0, 0.05) is 39.5 Å². The molecule has 17 heteroatoms. The van der Waals surface area contributed by atoms with Crippen LogP contribution in [0.3, 0.4) is 0 Å². The van der Waals surface area contributed by atoms with Gasteiger partial charge in [0.15, 0.2) is 18.7 Å². The van der Waals surface area contributed by atoms with Crippen LogP contribution in [0.1, 0.15) is 101 Å². The third-order valence-electron chi connectivity index (χ3n) is 11.0. The van der Waals surface area contributed by atoms with Crippen LogP contribution in [0.25, 0.3) is 0 Å². The lowest BCUT2D eigenvalue weighted by Gasteiger charge is -2.50. The summed E-state index contributed by atoms with van der Waals surface area (Å²) in [7, 11) is 4.96. The number of hydrogen-bond acceptors (Lipinski definition) is 17. The molecule has 2 saturated heterocycles. The second-order valence-electron chi connectivity index (χ2n) is 17.1. The highest BCUT2D eigenvalue weighted by atomic mass is 16.7. The van der Waals surface area contributed by atoms with Gasteiger partial charge in [0.25, 0.3) is 0 Å². The van der Waals surface area contributed by atoms with Gasteiger partial charge in [0.1, 0.15) is 42.7 Å². The fourth-order valence-corrected chi connectivity index (χ4v) is 8.14. The fourth-order valence-electron chi connectivity index (χ4n) is 8.14. The summed E-state index contributed by atoms with van der Waals surface area (Å²) >= 11 is 0. The van der Waals surface area contributed by atoms with E-state index >= 15 is 0 Å². The molecule has 3 heterocycles. The topological polar surface area (TPSA) is 211 Å². The smallest absolute Gasteiger partial charge is 0.309 e. The minimum Gasteiger partial charge on any atom is -0.462 e. The molecule has 0 aromatic rings. The molecule has 0 saturated carbocycles. The normalized spacial score (nSPS) is 39.7. The van der Waals surface area contributed by atoms with Crippen LogP contribution in [0, 0.1) is 17.8 Å². The van der Waals surface area contributed by atoms with Crippen LogP contribution in [-0.4, -0.2) is 157 Å². The SMILES string of the molecule is CCO/N=C/C[C@H]1C[C@@H](C)[C@@H](O)/C=C/C[C@@H](C)OC(=O)C[C@@H](OC(C)=O)[C@H](OC)C1O[C@@H]1O[C@H](C)[C@@H](O[C@H]2C[C@@](C)(O)[C@@H](OC(=O)CC(C)C)[C@H](C)O2)[C@H](N(C)C)[C@H]1O. The van der Waals surface area contributed by atoms with Gasteiger partial charge in [-0.05, 0) is 79.3 Å². The number of rotatable bonds is 14. The molecule has 3 N–H and O–H groups in total. The van der Waals surface area contributed by atoms with E-state index in [-0.39, 0.29) is 37.5 Å². The highest BCUT2D eigenvalue weighted by Crippen LogP contribution is 2.38. The van der Waals surface area contributed by atoms with Crippen LogP contribution in [-0.2, 0) is 57.1 Å². The molecule has 0 amide bonds. The Labute approximate surface area is 349 Å². The van der Waals surface area contributed by atoms with Gasteiger partial charge in [0.05, 0.1) is 36.9 Å². The van der Waals surface area contributed by atoms with Crippen molar-refractivity contribution < 1.29 is 72.4 Å². The van der Waals surface area contributed by atoms with Crippen LogP contribution in [0.2, 0.25) is 0 Å². The predicted octanol–water partition coefficient (Wildman–Crippen LogP) is 3.28. The Balaban J connectivity index is 2.00. The summed E-state index contributed by atoms with van der Waals surface area (Å²) in [4.78, 5) is 45.4. The maximum atomic E-state index is 13.3. The first-order chi connectivity index (χ1) is 27.7. The van der Waals surface area contributed by atoms with E-state index in [1.807, 2.05) is 20.8 Å². The van der Waals surface area contributed by atoms with E-state index < -0.39 is 109 Å². The lowest BCUT2D eigenvalue weighted by molar-refractivity contribution is -0.344. The van der Waals surface area contributed by atoms with Crippen molar-refractivity contribution in [3.8, 4) is 0 Å². The average Bonchev–Trinajstić information content (AvgIpc) is 3.11. The summed E-state index contributed by atoms with van der Waals surface area (Å²) in [5, 5.41) is 38.9.